The van der Waals surface area contributed by atoms with Crippen LogP contribution < -0.4 is 10.3 Å². The number of fused-ring (bicyclic) bond motifs is 1. The lowest BCUT2D eigenvalue weighted by Gasteiger charge is -2.20. The van der Waals surface area contributed by atoms with Gasteiger partial charge in [0.25, 0.3) is 11.4 Å². The molecule has 0 saturated heterocycles. The van der Waals surface area contributed by atoms with Crippen molar-refractivity contribution in [3.05, 3.63) is 107 Å². The van der Waals surface area contributed by atoms with Crippen LogP contribution in [0.1, 0.15) is 11.6 Å². The summed E-state index contributed by atoms with van der Waals surface area (Å²) in [6.07, 6.45) is 3.69. The first kappa shape index (κ1) is 20.3. The zero-order valence-corrected chi connectivity index (χ0v) is 15.7. The molecule has 1 atom stereocenters. The van der Waals surface area contributed by atoms with Gasteiger partial charge in [-0.15, -0.1) is 6.58 Å². The smallest absolute Gasteiger partial charge is 0.280 e. The van der Waals surface area contributed by atoms with Crippen molar-refractivity contribution >= 4 is 10.9 Å². The van der Waals surface area contributed by atoms with Crippen molar-refractivity contribution in [3.63, 3.8) is 0 Å². The van der Waals surface area contributed by atoms with Crippen LogP contribution in [0.4, 0.5) is 17.6 Å². The average Bonchev–Trinajstić information content (AvgIpc) is 2.73. The minimum absolute atomic E-state index is 0.0473. The molecule has 0 aliphatic rings. The van der Waals surface area contributed by atoms with Crippen LogP contribution in [0.3, 0.4) is 0 Å². The maximum Gasteiger partial charge on any atom is 0.280 e. The predicted molar refractivity (Wildman–Crippen MR) is 105 cm³/mol. The minimum atomic E-state index is -1.13. The second-order valence-corrected chi connectivity index (χ2v) is 6.49. The zero-order chi connectivity index (χ0) is 22.1. The Hall–Kier alpha value is -4.01. The van der Waals surface area contributed by atoms with Crippen molar-refractivity contribution in [2.24, 2.45) is 0 Å². The maximum atomic E-state index is 14.4. The third-order valence-corrected chi connectivity index (χ3v) is 4.58. The number of hydrogen-bond acceptors (Lipinski definition) is 4. The van der Waals surface area contributed by atoms with Crippen LogP contribution in [0.15, 0.2) is 72.4 Å². The summed E-state index contributed by atoms with van der Waals surface area (Å²) in [6, 6.07) is 6.74. The summed E-state index contributed by atoms with van der Waals surface area (Å²) in [4.78, 5) is 19.9. The lowest BCUT2D eigenvalue weighted by atomic mass is 10.0. The summed E-state index contributed by atoms with van der Waals surface area (Å²) < 4.78 is 62.6. The molecule has 2 aromatic carbocycles. The molecule has 0 spiro atoms. The molecule has 9 heteroatoms. The highest BCUT2D eigenvalue weighted by Crippen LogP contribution is 2.30. The van der Waals surface area contributed by atoms with Crippen LogP contribution in [0, 0.1) is 23.3 Å². The summed E-state index contributed by atoms with van der Waals surface area (Å²) in [7, 11) is 0. The zero-order valence-electron chi connectivity index (χ0n) is 15.7. The van der Waals surface area contributed by atoms with Crippen LogP contribution in [-0.4, -0.2) is 14.5 Å². The van der Waals surface area contributed by atoms with Gasteiger partial charge in [0, 0.05) is 18.3 Å². The Morgan fingerprint density at radius 3 is 2.42 bits per heavy atom. The second kappa shape index (κ2) is 8.02. The van der Waals surface area contributed by atoms with Crippen molar-refractivity contribution in [1.82, 2.24) is 14.5 Å². The molecule has 0 aliphatic carbocycles. The fraction of sp³-hybridized carbons (Fsp3) is 0.0455. The summed E-state index contributed by atoms with van der Waals surface area (Å²) in [5.41, 5.74) is -0.845. The van der Waals surface area contributed by atoms with E-state index < -0.39 is 40.4 Å². The molecular weight excluding hydrogens is 414 g/mol. The van der Waals surface area contributed by atoms with E-state index in [0.717, 1.165) is 6.33 Å². The monoisotopic (exact) mass is 427 g/mol. The van der Waals surface area contributed by atoms with E-state index >= 15 is 0 Å². The van der Waals surface area contributed by atoms with E-state index in [1.807, 2.05) is 0 Å². The first-order valence-corrected chi connectivity index (χ1v) is 8.95. The predicted octanol–water partition coefficient (Wildman–Crippen LogP) is 4.92. The summed E-state index contributed by atoms with van der Waals surface area (Å²) >= 11 is 0. The normalized spacial score (nSPS) is 12.0. The van der Waals surface area contributed by atoms with Gasteiger partial charge in [-0.2, -0.15) is 4.98 Å². The van der Waals surface area contributed by atoms with Crippen LogP contribution in [0.2, 0.25) is 0 Å². The van der Waals surface area contributed by atoms with Gasteiger partial charge in [-0.3, -0.25) is 4.79 Å². The molecule has 0 amide bonds. The fourth-order valence-electron chi connectivity index (χ4n) is 3.21. The Bertz CT molecular complexity index is 1350. The Morgan fingerprint density at radius 1 is 1.00 bits per heavy atom. The molecule has 2 aromatic heterocycles. The van der Waals surface area contributed by atoms with Gasteiger partial charge in [-0.05, 0) is 30.3 Å². The standard InChI is InChI=1S/C22H13F4N3O2/c1-2-18(20-16(25)8-12(23)9-17(20)26)29-11-28-21(30)14-10-13(5-6-19(14)29)31-22-15(24)4-3-7-27-22/h2-11,18H,1H2. The van der Waals surface area contributed by atoms with Crippen LogP contribution in [0.25, 0.3) is 10.9 Å². The highest BCUT2D eigenvalue weighted by atomic mass is 19.1. The quantitative estimate of drug-likeness (QED) is 0.335. The number of hydrogen-bond donors (Lipinski definition) is 0. The van der Waals surface area contributed by atoms with Crippen molar-refractivity contribution in [2.45, 2.75) is 6.04 Å². The summed E-state index contributed by atoms with van der Waals surface area (Å²) in [6.45, 7) is 3.60. The van der Waals surface area contributed by atoms with E-state index in [0.29, 0.717) is 12.1 Å². The Balaban J connectivity index is 1.84. The van der Waals surface area contributed by atoms with E-state index in [-0.39, 0.29) is 22.5 Å². The molecule has 0 radical (unpaired) electrons. The lowest BCUT2D eigenvalue weighted by molar-refractivity contribution is 0.423. The van der Waals surface area contributed by atoms with Crippen molar-refractivity contribution in [3.8, 4) is 11.6 Å². The van der Waals surface area contributed by atoms with Gasteiger partial charge in [0.15, 0.2) is 5.82 Å². The first-order valence-electron chi connectivity index (χ1n) is 8.95. The molecule has 4 rings (SSSR count). The number of benzene rings is 2. The van der Waals surface area contributed by atoms with E-state index in [2.05, 4.69) is 16.5 Å². The largest absolute Gasteiger partial charge is 0.436 e. The molecule has 0 saturated carbocycles. The molecular formula is C22H13F4N3O2. The Kier molecular flexibility index (Phi) is 5.24. The molecule has 2 heterocycles. The second-order valence-electron chi connectivity index (χ2n) is 6.49. The van der Waals surface area contributed by atoms with Gasteiger partial charge in [0.2, 0.25) is 0 Å². The molecule has 0 aliphatic heterocycles. The topological polar surface area (TPSA) is 57.0 Å². The van der Waals surface area contributed by atoms with Crippen molar-refractivity contribution in [1.29, 1.82) is 0 Å². The molecule has 31 heavy (non-hydrogen) atoms. The van der Waals surface area contributed by atoms with E-state index in [9.17, 15) is 22.4 Å². The number of rotatable bonds is 5. The van der Waals surface area contributed by atoms with Crippen molar-refractivity contribution in [2.75, 3.05) is 0 Å². The highest BCUT2D eigenvalue weighted by molar-refractivity contribution is 5.80. The highest BCUT2D eigenvalue weighted by Gasteiger charge is 2.22. The molecule has 4 aromatic rings. The van der Waals surface area contributed by atoms with Gasteiger partial charge in [-0.25, -0.2) is 22.5 Å². The van der Waals surface area contributed by atoms with Gasteiger partial charge >= 0.3 is 0 Å². The molecule has 156 valence electrons. The number of ether oxygens (including phenoxy) is 1. The molecule has 0 bridgehead atoms. The van der Waals surface area contributed by atoms with Gasteiger partial charge in [0.05, 0.1) is 22.5 Å². The molecule has 0 N–H and O–H groups in total. The van der Waals surface area contributed by atoms with Gasteiger partial charge in [-0.1, -0.05) is 6.08 Å². The van der Waals surface area contributed by atoms with Crippen LogP contribution in [-0.2, 0) is 0 Å². The van der Waals surface area contributed by atoms with Gasteiger partial charge < -0.3 is 9.30 Å². The number of aromatic nitrogens is 3. The summed E-state index contributed by atoms with van der Waals surface area (Å²) in [5, 5.41) is 0.0473. The molecule has 0 fully saturated rings. The van der Waals surface area contributed by atoms with E-state index in [1.54, 1.807) is 0 Å². The number of halogens is 4. The third kappa shape index (κ3) is 3.77. The third-order valence-electron chi connectivity index (χ3n) is 4.58. The lowest BCUT2D eigenvalue weighted by Crippen LogP contribution is -2.18. The van der Waals surface area contributed by atoms with E-state index in [1.165, 1.54) is 47.2 Å². The van der Waals surface area contributed by atoms with Crippen LogP contribution in [0.5, 0.6) is 11.6 Å². The molecule has 5 nitrogen and oxygen atoms in total. The van der Waals surface area contributed by atoms with Crippen molar-refractivity contribution < 1.29 is 22.3 Å². The Labute approximate surface area is 172 Å². The average molecular weight is 427 g/mol. The minimum Gasteiger partial charge on any atom is -0.436 e. The van der Waals surface area contributed by atoms with Gasteiger partial charge in [0.1, 0.15) is 29.5 Å². The van der Waals surface area contributed by atoms with Crippen LogP contribution >= 0.6 is 0 Å². The SMILES string of the molecule is C=CC(c1c(F)cc(F)cc1F)n1cnc(=O)c2cc(Oc3ncccc3F)ccc21. The fourth-order valence-corrected chi connectivity index (χ4v) is 3.21. The number of nitrogens with zero attached hydrogens (tertiary/aromatic N) is 3. The Morgan fingerprint density at radius 2 is 1.74 bits per heavy atom. The summed E-state index contributed by atoms with van der Waals surface area (Å²) in [5.74, 6) is -4.16. The number of pyridine rings is 1. The first-order chi connectivity index (χ1) is 14.9. The van der Waals surface area contributed by atoms with E-state index in [4.69, 9.17) is 4.74 Å². The molecule has 1 unspecified atom stereocenters. The maximum absolute atomic E-state index is 14.4. The number of allylic oxidation sites excluding steroid dienone is 1.